The van der Waals surface area contributed by atoms with E-state index in [0.29, 0.717) is 12.6 Å². The van der Waals surface area contributed by atoms with Crippen molar-refractivity contribution >= 4 is 0 Å². The first-order chi connectivity index (χ1) is 6.67. The van der Waals surface area contributed by atoms with Gasteiger partial charge in [0.25, 0.3) is 0 Å². The maximum atomic E-state index is 9.38. The van der Waals surface area contributed by atoms with Crippen LogP contribution in [0, 0.1) is 0 Å². The second-order valence-electron chi connectivity index (χ2n) is 4.00. The Kier molecular flexibility index (Phi) is 4.81. The van der Waals surface area contributed by atoms with Gasteiger partial charge in [0.1, 0.15) is 0 Å². The number of rotatable bonds is 4. The molecule has 0 aliphatic carbocycles. The minimum Gasteiger partial charge on any atom is -0.394 e. The van der Waals surface area contributed by atoms with E-state index in [2.05, 4.69) is 11.8 Å². The molecule has 0 aromatic rings. The van der Waals surface area contributed by atoms with E-state index in [4.69, 9.17) is 9.84 Å². The van der Waals surface area contributed by atoms with E-state index in [9.17, 15) is 5.11 Å². The maximum Gasteiger partial charge on any atom is 0.0897 e. The van der Waals surface area contributed by atoms with Crippen LogP contribution in [0.2, 0.25) is 0 Å². The van der Waals surface area contributed by atoms with Crippen LogP contribution in [0.5, 0.6) is 0 Å². The standard InChI is InChI=1S/C10H21NO3/c1-3-9-7-14-8(2)4-11(9)5-10(13)6-12/h8-10,12-13H,3-7H2,1-2H3. The third-order valence-electron chi connectivity index (χ3n) is 2.71. The molecule has 0 aromatic carbocycles. The van der Waals surface area contributed by atoms with E-state index >= 15 is 0 Å². The SMILES string of the molecule is CCC1COC(C)CN1CC(O)CO. The molecule has 0 saturated carbocycles. The number of morpholine rings is 1. The van der Waals surface area contributed by atoms with Crippen LogP contribution >= 0.6 is 0 Å². The summed E-state index contributed by atoms with van der Waals surface area (Å²) in [6.07, 6.45) is 0.614. The highest BCUT2D eigenvalue weighted by atomic mass is 16.5. The number of hydrogen-bond acceptors (Lipinski definition) is 4. The molecule has 3 atom stereocenters. The first kappa shape index (κ1) is 11.9. The van der Waals surface area contributed by atoms with Crippen molar-refractivity contribution in [1.82, 2.24) is 4.90 Å². The second kappa shape index (κ2) is 5.66. The van der Waals surface area contributed by atoms with Crippen LogP contribution in [0.4, 0.5) is 0 Å². The summed E-state index contributed by atoms with van der Waals surface area (Å²) in [4.78, 5) is 2.20. The van der Waals surface area contributed by atoms with Gasteiger partial charge in [-0.05, 0) is 13.3 Å². The fourth-order valence-electron chi connectivity index (χ4n) is 1.84. The molecule has 0 aromatic heterocycles. The van der Waals surface area contributed by atoms with Crippen molar-refractivity contribution in [1.29, 1.82) is 0 Å². The van der Waals surface area contributed by atoms with Crippen LogP contribution in [0.15, 0.2) is 0 Å². The van der Waals surface area contributed by atoms with Crippen LogP contribution in [-0.4, -0.2) is 59.7 Å². The molecule has 0 bridgehead atoms. The van der Waals surface area contributed by atoms with Gasteiger partial charge in [0.2, 0.25) is 0 Å². The molecule has 1 rings (SSSR count). The Hall–Kier alpha value is -0.160. The molecule has 0 spiro atoms. The Morgan fingerprint density at radius 3 is 2.86 bits per heavy atom. The number of aliphatic hydroxyl groups is 2. The monoisotopic (exact) mass is 203 g/mol. The molecule has 1 aliphatic rings. The van der Waals surface area contributed by atoms with Gasteiger partial charge in [0.15, 0.2) is 0 Å². The average Bonchev–Trinajstić information content (AvgIpc) is 2.18. The molecule has 4 nitrogen and oxygen atoms in total. The van der Waals surface area contributed by atoms with Crippen molar-refractivity contribution in [3.8, 4) is 0 Å². The van der Waals surface area contributed by atoms with Gasteiger partial charge in [-0.3, -0.25) is 4.90 Å². The highest BCUT2D eigenvalue weighted by Gasteiger charge is 2.26. The number of β-amino-alcohol motifs (C(OH)–C–C–N with tert-alkyl or cyclic N) is 1. The lowest BCUT2D eigenvalue weighted by Gasteiger charge is -2.39. The second-order valence-corrected chi connectivity index (χ2v) is 4.00. The first-order valence-corrected chi connectivity index (χ1v) is 5.32. The molecule has 14 heavy (non-hydrogen) atoms. The highest BCUT2D eigenvalue weighted by Crippen LogP contribution is 2.14. The van der Waals surface area contributed by atoms with Crippen molar-refractivity contribution < 1.29 is 14.9 Å². The van der Waals surface area contributed by atoms with Crippen LogP contribution < -0.4 is 0 Å². The van der Waals surface area contributed by atoms with E-state index < -0.39 is 6.10 Å². The molecule has 3 unspecified atom stereocenters. The third kappa shape index (κ3) is 3.20. The molecular weight excluding hydrogens is 182 g/mol. The number of aliphatic hydroxyl groups excluding tert-OH is 2. The van der Waals surface area contributed by atoms with Crippen LogP contribution in [0.25, 0.3) is 0 Å². The number of ether oxygens (including phenoxy) is 1. The molecule has 1 heterocycles. The lowest BCUT2D eigenvalue weighted by molar-refractivity contribution is -0.0719. The lowest BCUT2D eigenvalue weighted by Crippen LogP contribution is -2.51. The molecule has 84 valence electrons. The Morgan fingerprint density at radius 1 is 1.57 bits per heavy atom. The normalized spacial score (nSPS) is 31.7. The fraction of sp³-hybridized carbons (Fsp3) is 1.00. The number of nitrogens with zero attached hydrogens (tertiary/aromatic N) is 1. The molecule has 0 radical (unpaired) electrons. The minimum atomic E-state index is -0.630. The quantitative estimate of drug-likeness (QED) is 0.666. The Morgan fingerprint density at radius 2 is 2.29 bits per heavy atom. The molecule has 2 N–H and O–H groups in total. The van der Waals surface area contributed by atoms with E-state index in [1.807, 2.05) is 6.92 Å². The zero-order chi connectivity index (χ0) is 10.6. The van der Waals surface area contributed by atoms with Crippen LogP contribution in [-0.2, 0) is 4.74 Å². The summed E-state index contributed by atoms with van der Waals surface area (Å²) in [5.74, 6) is 0. The third-order valence-corrected chi connectivity index (χ3v) is 2.71. The van der Waals surface area contributed by atoms with Gasteiger partial charge < -0.3 is 14.9 Å². The highest BCUT2D eigenvalue weighted by molar-refractivity contribution is 4.79. The summed E-state index contributed by atoms with van der Waals surface area (Å²) in [7, 11) is 0. The van der Waals surface area contributed by atoms with Crippen molar-refractivity contribution in [3.63, 3.8) is 0 Å². The summed E-state index contributed by atoms with van der Waals surface area (Å²) in [6, 6.07) is 0.382. The lowest BCUT2D eigenvalue weighted by atomic mass is 10.1. The van der Waals surface area contributed by atoms with E-state index in [1.165, 1.54) is 0 Å². The predicted octanol–water partition coefficient (Wildman–Crippen LogP) is -0.161. The predicted molar refractivity (Wildman–Crippen MR) is 54.2 cm³/mol. The van der Waals surface area contributed by atoms with Gasteiger partial charge in [-0.25, -0.2) is 0 Å². The maximum absolute atomic E-state index is 9.38. The van der Waals surface area contributed by atoms with Gasteiger partial charge >= 0.3 is 0 Å². The first-order valence-electron chi connectivity index (χ1n) is 5.32. The van der Waals surface area contributed by atoms with Crippen molar-refractivity contribution in [3.05, 3.63) is 0 Å². The summed E-state index contributed by atoms with van der Waals surface area (Å²) in [6.45, 7) is 6.10. The fourth-order valence-corrected chi connectivity index (χ4v) is 1.84. The van der Waals surface area contributed by atoms with Crippen molar-refractivity contribution in [2.75, 3.05) is 26.3 Å². The summed E-state index contributed by atoms with van der Waals surface area (Å²) < 4.78 is 5.54. The van der Waals surface area contributed by atoms with Gasteiger partial charge in [0, 0.05) is 19.1 Å². The molecule has 4 heteroatoms. The zero-order valence-electron chi connectivity index (χ0n) is 9.02. The molecule has 1 aliphatic heterocycles. The van der Waals surface area contributed by atoms with Crippen LogP contribution in [0.3, 0.4) is 0 Å². The topological polar surface area (TPSA) is 52.9 Å². The smallest absolute Gasteiger partial charge is 0.0897 e. The summed E-state index contributed by atoms with van der Waals surface area (Å²) in [5.41, 5.74) is 0. The van der Waals surface area contributed by atoms with E-state index in [-0.39, 0.29) is 12.7 Å². The minimum absolute atomic E-state index is 0.165. The van der Waals surface area contributed by atoms with Gasteiger partial charge in [-0.15, -0.1) is 0 Å². The molecular formula is C10H21NO3. The van der Waals surface area contributed by atoms with E-state index in [0.717, 1.165) is 19.6 Å². The summed E-state index contributed by atoms with van der Waals surface area (Å²) in [5, 5.41) is 18.2. The average molecular weight is 203 g/mol. The van der Waals surface area contributed by atoms with Gasteiger partial charge in [-0.2, -0.15) is 0 Å². The molecule has 0 amide bonds. The van der Waals surface area contributed by atoms with Crippen LogP contribution in [0.1, 0.15) is 20.3 Å². The Bertz CT molecular complexity index is 165. The van der Waals surface area contributed by atoms with E-state index in [1.54, 1.807) is 0 Å². The van der Waals surface area contributed by atoms with Crippen molar-refractivity contribution in [2.24, 2.45) is 0 Å². The number of hydrogen-bond donors (Lipinski definition) is 2. The zero-order valence-corrected chi connectivity index (χ0v) is 9.02. The largest absolute Gasteiger partial charge is 0.394 e. The molecule has 1 saturated heterocycles. The Labute approximate surface area is 85.5 Å². The molecule has 1 fully saturated rings. The van der Waals surface area contributed by atoms with Gasteiger partial charge in [-0.1, -0.05) is 6.92 Å². The van der Waals surface area contributed by atoms with Crippen molar-refractivity contribution in [2.45, 2.75) is 38.5 Å². The van der Waals surface area contributed by atoms with Gasteiger partial charge in [0.05, 0.1) is 25.4 Å². The summed E-state index contributed by atoms with van der Waals surface area (Å²) >= 11 is 0. The Balaban J connectivity index is 2.44.